The number of fused-ring (bicyclic) bond motifs is 1. The molecule has 0 aliphatic carbocycles. The van der Waals surface area contributed by atoms with Gasteiger partial charge in [-0.1, -0.05) is 30.3 Å². The first-order valence-corrected chi connectivity index (χ1v) is 6.98. The molecule has 2 nitrogen and oxygen atoms in total. The fourth-order valence-electron chi connectivity index (χ4n) is 2.22. The minimum absolute atomic E-state index is 0.875. The summed E-state index contributed by atoms with van der Waals surface area (Å²) in [5.74, 6) is 0. The van der Waals surface area contributed by atoms with Crippen molar-refractivity contribution in [2.24, 2.45) is 0 Å². The van der Waals surface area contributed by atoms with Crippen LogP contribution in [0.4, 0.5) is 0 Å². The lowest BCUT2D eigenvalue weighted by molar-refractivity contribution is 0.801. The molecule has 0 aliphatic rings. The lowest BCUT2D eigenvalue weighted by atomic mass is 10.2. The largest absolute Gasteiger partial charge is 0.316 e. The molecule has 0 saturated heterocycles. The van der Waals surface area contributed by atoms with Crippen molar-refractivity contribution in [1.29, 1.82) is 0 Å². The number of benzene rings is 1. The Morgan fingerprint density at radius 3 is 2.67 bits per heavy atom. The number of aryl methyl sites for hydroxylation is 1. The topological polar surface area (TPSA) is 17.8 Å². The Bertz CT molecular complexity index is 686. The van der Waals surface area contributed by atoms with Gasteiger partial charge in [-0.05, 0) is 52.8 Å². The van der Waals surface area contributed by atoms with Gasteiger partial charge in [-0.15, -0.1) is 0 Å². The van der Waals surface area contributed by atoms with E-state index in [1.165, 1.54) is 20.2 Å². The molecule has 0 radical (unpaired) electrons. The van der Waals surface area contributed by atoms with Crippen molar-refractivity contribution in [2.45, 2.75) is 13.5 Å². The predicted octanol–water partition coefficient (Wildman–Crippen LogP) is 4.00. The van der Waals surface area contributed by atoms with Crippen molar-refractivity contribution in [3.8, 4) is 0 Å². The van der Waals surface area contributed by atoms with Crippen LogP contribution in [0.15, 0.2) is 48.7 Å². The first-order valence-electron chi connectivity index (χ1n) is 5.90. The number of nitrogens with zero attached hydrogens (tertiary/aromatic N) is 2. The molecule has 0 amide bonds. The Morgan fingerprint density at radius 2 is 1.89 bits per heavy atom. The summed E-state index contributed by atoms with van der Waals surface area (Å²) in [5, 5.41) is 1.25. The minimum Gasteiger partial charge on any atom is -0.316 e. The summed E-state index contributed by atoms with van der Waals surface area (Å²) in [5.41, 5.74) is 3.69. The summed E-state index contributed by atoms with van der Waals surface area (Å²) in [7, 11) is 0. The number of rotatable bonds is 2. The molecule has 0 spiro atoms. The van der Waals surface area contributed by atoms with Gasteiger partial charge in [-0.2, -0.15) is 0 Å². The molecule has 18 heavy (non-hydrogen) atoms. The summed E-state index contributed by atoms with van der Waals surface area (Å²) in [6, 6.07) is 14.6. The Balaban J connectivity index is 2.15. The zero-order chi connectivity index (χ0) is 12.5. The number of hydrogen-bond donors (Lipinski definition) is 0. The predicted molar refractivity (Wildman–Crippen MR) is 82.7 cm³/mol. The molecule has 0 bridgehead atoms. The van der Waals surface area contributed by atoms with Crippen LogP contribution < -0.4 is 0 Å². The monoisotopic (exact) mass is 348 g/mol. The molecule has 0 aliphatic heterocycles. The van der Waals surface area contributed by atoms with Gasteiger partial charge in [-0.3, -0.25) is 0 Å². The van der Waals surface area contributed by atoms with Crippen molar-refractivity contribution >= 4 is 33.6 Å². The van der Waals surface area contributed by atoms with E-state index in [1.807, 2.05) is 18.3 Å². The highest BCUT2D eigenvalue weighted by molar-refractivity contribution is 14.1. The second-order valence-corrected chi connectivity index (χ2v) is 5.38. The first kappa shape index (κ1) is 11.7. The van der Waals surface area contributed by atoms with E-state index in [4.69, 9.17) is 0 Å². The number of aromatic nitrogens is 2. The molecular weight excluding hydrogens is 335 g/mol. The SMILES string of the molecule is Cc1c(I)n(Cc2ccccc2)c2ncccc12. The van der Waals surface area contributed by atoms with Crippen molar-refractivity contribution in [1.82, 2.24) is 9.55 Å². The zero-order valence-electron chi connectivity index (χ0n) is 10.1. The summed E-state index contributed by atoms with van der Waals surface area (Å²) >= 11 is 2.41. The maximum absolute atomic E-state index is 4.52. The smallest absolute Gasteiger partial charge is 0.141 e. The number of hydrogen-bond acceptors (Lipinski definition) is 1. The van der Waals surface area contributed by atoms with Gasteiger partial charge in [0.05, 0.1) is 10.2 Å². The molecule has 3 rings (SSSR count). The molecule has 1 aromatic carbocycles. The Labute approximate surface area is 120 Å². The highest BCUT2D eigenvalue weighted by Gasteiger charge is 2.12. The summed E-state index contributed by atoms with van der Waals surface area (Å²) < 4.78 is 3.55. The van der Waals surface area contributed by atoms with Crippen LogP contribution in [0.2, 0.25) is 0 Å². The van der Waals surface area contributed by atoms with Crippen molar-refractivity contribution in [3.05, 3.63) is 63.5 Å². The second kappa shape index (κ2) is 4.72. The molecule has 3 heteroatoms. The molecule has 0 N–H and O–H groups in total. The maximum Gasteiger partial charge on any atom is 0.141 e. The molecule has 90 valence electrons. The molecule has 0 saturated carbocycles. The molecule has 3 aromatic rings. The fourth-order valence-corrected chi connectivity index (χ4v) is 2.91. The summed E-state index contributed by atoms with van der Waals surface area (Å²) in [6.07, 6.45) is 1.86. The summed E-state index contributed by atoms with van der Waals surface area (Å²) in [6.45, 7) is 3.04. The minimum atomic E-state index is 0.875. The van der Waals surface area contributed by atoms with E-state index in [1.54, 1.807) is 0 Å². The molecule has 2 aromatic heterocycles. The molecule has 0 atom stereocenters. The van der Waals surface area contributed by atoms with E-state index < -0.39 is 0 Å². The van der Waals surface area contributed by atoms with Crippen molar-refractivity contribution < 1.29 is 0 Å². The van der Waals surface area contributed by atoms with Crippen LogP contribution in [0.3, 0.4) is 0 Å². The van der Waals surface area contributed by atoms with E-state index in [2.05, 4.69) is 69.4 Å². The Morgan fingerprint density at radius 1 is 1.11 bits per heavy atom. The Kier molecular flexibility index (Phi) is 3.07. The third-order valence-electron chi connectivity index (χ3n) is 3.18. The third-order valence-corrected chi connectivity index (χ3v) is 4.57. The average Bonchev–Trinajstić information content (AvgIpc) is 2.66. The van der Waals surface area contributed by atoms with Gasteiger partial charge < -0.3 is 4.57 Å². The standard InChI is InChI=1S/C15H13IN2/c1-11-13-8-5-9-17-15(13)18(14(11)16)10-12-6-3-2-4-7-12/h2-9H,10H2,1H3. The second-order valence-electron chi connectivity index (χ2n) is 4.36. The van der Waals surface area contributed by atoms with Crippen LogP contribution in [-0.2, 0) is 6.54 Å². The van der Waals surface area contributed by atoms with Gasteiger partial charge in [0, 0.05) is 11.6 Å². The quantitative estimate of drug-likeness (QED) is 0.640. The van der Waals surface area contributed by atoms with Crippen LogP contribution in [-0.4, -0.2) is 9.55 Å². The van der Waals surface area contributed by atoms with Crippen LogP contribution in [0.1, 0.15) is 11.1 Å². The average molecular weight is 348 g/mol. The van der Waals surface area contributed by atoms with Crippen molar-refractivity contribution in [2.75, 3.05) is 0 Å². The first-order chi connectivity index (χ1) is 8.77. The van der Waals surface area contributed by atoms with Crippen LogP contribution >= 0.6 is 22.6 Å². The van der Waals surface area contributed by atoms with Gasteiger partial charge in [0.15, 0.2) is 0 Å². The highest BCUT2D eigenvalue weighted by atomic mass is 127. The van der Waals surface area contributed by atoms with Gasteiger partial charge >= 0.3 is 0 Å². The summed E-state index contributed by atoms with van der Waals surface area (Å²) in [4.78, 5) is 4.52. The maximum atomic E-state index is 4.52. The molecule has 0 unspecified atom stereocenters. The molecule has 0 fully saturated rings. The van der Waals surface area contributed by atoms with E-state index in [-0.39, 0.29) is 0 Å². The Hall–Kier alpha value is -1.36. The van der Waals surface area contributed by atoms with Crippen LogP contribution in [0.25, 0.3) is 11.0 Å². The number of pyridine rings is 1. The molecular formula is C15H13IN2. The van der Waals surface area contributed by atoms with Crippen LogP contribution in [0, 0.1) is 10.6 Å². The van der Waals surface area contributed by atoms with Crippen LogP contribution in [0.5, 0.6) is 0 Å². The van der Waals surface area contributed by atoms with E-state index in [0.717, 1.165) is 12.2 Å². The van der Waals surface area contributed by atoms with E-state index in [9.17, 15) is 0 Å². The lowest BCUT2D eigenvalue weighted by Gasteiger charge is -2.06. The van der Waals surface area contributed by atoms with E-state index >= 15 is 0 Å². The lowest BCUT2D eigenvalue weighted by Crippen LogP contribution is -2.02. The van der Waals surface area contributed by atoms with Gasteiger partial charge in [-0.25, -0.2) is 4.98 Å². The fraction of sp³-hybridized carbons (Fsp3) is 0.133. The third kappa shape index (κ3) is 1.92. The molecule has 2 heterocycles. The van der Waals surface area contributed by atoms with E-state index in [0.29, 0.717) is 0 Å². The normalized spacial score (nSPS) is 11.0. The van der Waals surface area contributed by atoms with Gasteiger partial charge in [0.2, 0.25) is 0 Å². The number of halogens is 1. The zero-order valence-corrected chi connectivity index (χ0v) is 12.3. The highest BCUT2D eigenvalue weighted by Crippen LogP contribution is 2.25. The van der Waals surface area contributed by atoms with Gasteiger partial charge in [0.1, 0.15) is 5.65 Å². The van der Waals surface area contributed by atoms with Crippen molar-refractivity contribution in [3.63, 3.8) is 0 Å². The van der Waals surface area contributed by atoms with Gasteiger partial charge in [0.25, 0.3) is 0 Å².